The van der Waals surface area contributed by atoms with E-state index >= 15 is 0 Å². The largest absolute Gasteiger partial charge is 0.294 e. The molecule has 3 rings (SSSR count). The van der Waals surface area contributed by atoms with Gasteiger partial charge in [0.2, 0.25) is 0 Å². The predicted octanol–water partition coefficient (Wildman–Crippen LogP) is 1.97. The fourth-order valence-corrected chi connectivity index (χ4v) is 1.79. The summed E-state index contributed by atoms with van der Waals surface area (Å²) in [6.07, 6.45) is 2.19. The molecule has 0 spiro atoms. The molecule has 0 amide bonds. The molecule has 2 aromatic rings. The summed E-state index contributed by atoms with van der Waals surface area (Å²) < 4.78 is 0. The molecular weight excluding hydrogens is 162 g/mol. The molecule has 1 aromatic carbocycles. The number of hydrogen-bond donors (Lipinski definition) is 0. The number of carbonyl (C=O) groups excluding carboxylic acids is 1. The third-order valence-corrected chi connectivity index (χ3v) is 2.49. The van der Waals surface area contributed by atoms with Crippen molar-refractivity contribution in [3.8, 4) is 0 Å². The van der Waals surface area contributed by atoms with Gasteiger partial charge in [0.15, 0.2) is 5.78 Å². The number of carbonyl (C=O) groups is 1. The van der Waals surface area contributed by atoms with E-state index in [1.165, 1.54) is 0 Å². The Morgan fingerprint density at radius 1 is 1.31 bits per heavy atom. The number of pyridine rings is 1. The maximum Gasteiger partial charge on any atom is 0.168 e. The summed E-state index contributed by atoms with van der Waals surface area (Å²) in [5, 5.41) is 1.12. The molecule has 2 heteroatoms. The summed E-state index contributed by atoms with van der Waals surface area (Å²) in [6.45, 7) is 0. The van der Waals surface area contributed by atoms with Crippen molar-refractivity contribution in [2.45, 2.75) is 6.42 Å². The first kappa shape index (κ1) is 6.78. The van der Waals surface area contributed by atoms with Gasteiger partial charge in [0, 0.05) is 23.6 Å². The first-order valence-corrected chi connectivity index (χ1v) is 4.25. The molecule has 0 radical (unpaired) electrons. The second kappa shape index (κ2) is 2.16. The van der Waals surface area contributed by atoms with Crippen molar-refractivity contribution in [3.63, 3.8) is 0 Å². The van der Waals surface area contributed by atoms with E-state index in [0.29, 0.717) is 6.42 Å². The van der Waals surface area contributed by atoms with Gasteiger partial charge in [-0.3, -0.25) is 9.78 Å². The molecule has 1 aromatic heterocycles. The highest BCUT2D eigenvalue weighted by Gasteiger charge is 2.16. The highest BCUT2D eigenvalue weighted by molar-refractivity contribution is 6.05. The number of nitrogens with zero attached hydrogens (tertiary/aromatic N) is 1. The van der Waals surface area contributed by atoms with Crippen LogP contribution in [0.5, 0.6) is 0 Å². The fourth-order valence-electron chi connectivity index (χ4n) is 1.79. The van der Waals surface area contributed by atoms with E-state index < -0.39 is 0 Å². The van der Waals surface area contributed by atoms with E-state index in [2.05, 4.69) is 4.98 Å². The number of fused-ring (bicyclic) bond motifs is 1. The van der Waals surface area contributed by atoms with Gasteiger partial charge in [-0.2, -0.15) is 0 Å². The topological polar surface area (TPSA) is 30.0 Å². The molecule has 0 saturated heterocycles. The quantitative estimate of drug-likeness (QED) is 0.603. The average Bonchev–Trinajstić information content (AvgIpc) is 2.18. The van der Waals surface area contributed by atoms with Gasteiger partial charge in [0.1, 0.15) is 0 Å². The van der Waals surface area contributed by atoms with Gasteiger partial charge in [-0.25, -0.2) is 0 Å². The molecule has 0 N–H and O–H groups in total. The van der Waals surface area contributed by atoms with Crippen molar-refractivity contribution in [1.29, 1.82) is 0 Å². The molecule has 1 aliphatic rings. The minimum absolute atomic E-state index is 0.174. The lowest BCUT2D eigenvalue weighted by Gasteiger charge is -2.12. The van der Waals surface area contributed by atoms with E-state index in [-0.39, 0.29) is 5.78 Å². The molecule has 13 heavy (non-hydrogen) atoms. The summed E-state index contributed by atoms with van der Waals surface area (Å²) in [5.74, 6) is 0.174. The Balaban J connectivity index is 2.54. The van der Waals surface area contributed by atoms with Crippen LogP contribution in [0.1, 0.15) is 15.9 Å². The van der Waals surface area contributed by atoms with E-state index in [1.807, 2.05) is 24.3 Å². The summed E-state index contributed by atoms with van der Waals surface area (Å²) in [7, 11) is 0. The van der Waals surface area contributed by atoms with Gasteiger partial charge in [-0.05, 0) is 17.7 Å². The minimum Gasteiger partial charge on any atom is -0.294 e. The Bertz CT molecular complexity index is 516. The van der Waals surface area contributed by atoms with Gasteiger partial charge in [-0.15, -0.1) is 0 Å². The molecule has 1 aliphatic carbocycles. The molecule has 0 unspecified atom stereocenters. The Morgan fingerprint density at radius 3 is 3.15 bits per heavy atom. The van der Waals surface area contributed by atoms with Crippen molar-refractivity contribution in [3.05, 3.63) is 41.6 Å². The Kier molecular flexibility index (Phi) is 1.13. The predicted molar refractivity (Wildman–Crippen MR) is 49.8 cm³/mol. The van der Waals surface area contributed by atoms with Crippen LogP contribution < -0.4 is 0 Å². The molecule has 2 bridgehead atoms. The number of rotatable bonds is 0. The molecule has 2 nitrogen and oxygen atoms in total. The first-order valence-electron chi connectivity index (χ1n) is 4.25. The molecule has 0 aliphatic heterocycles. The van der Waals surface area contributed by atoms with Crippen LogP contribution in [-0.2, 0) is 6.42 Å². The summed E-state index contributed by atoms with van der Waals surface area (Å²) >= 11 is 0. The molecule has 0 atom stereocenters. The zero-order valence-corrected chi connectivity index (χ0v) is 6.95. The van der Waals surface area contributed by atoms with Gasteiger partial charge < -0.3 is 0 Å². The van der Waals surface area contributed by atoms with Gasteiger partial charge in [-0.1, -0.05) is 12.1 Å². The normalized spacial score (nSPS) is 14.0. The molecule has 0 fully saturated rings. The van der Waals surface area contributed by atoms with Crippen LogP contribution in [0.2, 0.25) is 0 Å². The highest BCUT2D eigenvalue weighted by Crippen LogP contribution is 2.24. The van der Waals surface area contributed by atoms with Crippen molar-refractivity contribution < 1.29 is 4.79 Å². The monoisotopic (exact) mass is 169 g/mol. The number of aromatic nitrogens is 1. The van der Waals surface area contributed by atoms with Crippen LogP contribution in [0, 0.1) is 0 Å². The maximum absolute atomic E-state index is 11.5. The van der Waals surface area contributed by atoms with Gasteiger partial charge in [0.25, 0.3) is 0 Å². The first-order chi connectivity index (χ1) is 6.34. The second-order valence-electron chi connectivity index (χ2n) is 3.31. The summed E-state index contributed by atoms with van der Waals surface area (Å²) in [5.41, 5.74) is 2.82. The average molecular weight is 169 g/mol. The van der Waals surface area contributed by atoms with Gasteiger partial charge in [0.05, 0.1) is 5.52 Å². The Labute approximate surface area is 75.2 Å². The van der Waals surface area contributed by atoms with Crippen LogP contribution in [0.3, 0.4) is 0 Å². The molecule has 1 heterocycles. The van der Waals surface area contributed by atoms with Crippen LogP contribution in [0.25, 0.3) is 10.9 Å². The van der Waals surface area contributed by atoms with E-state index in [0.717, 1.165) is 22.0 Å². The smallest absolute Gasteiger partial charge is 0.168 e. The number of benzene rings is 1. The van der Waals surface area contributed by atoms with E-state index in [9.17, 15) is 4.79 Å². The van der Waals surface area contributed by atoms with Gasteiger partial charge >= 0.3 is 0 Å². The minimum atomic E-state index is 0.174. The summed E-state index contributed by atoms with van der Waals surface area (Å²) in [4.78, 5) is 15.7. The van der Waals surface area contributed by atoms with E-state index in [1.54, 1.807) is 6.20 Å². The zero-order chi connectivity index (χ0) is 8.84. The lowest BCUT2D eigenvalue weighted by Crippen LogP contribution is -2.09. The number of ketones is 1. The van der Waals surface area contributed by atoms with Crippen molar-refractivity contribution in [2.24, 2.45) is 0 Å². The third kappa shape index (κ3) is 0.827. The molecular formula is C11H7NO. The second-order valence-corrected chi connectivity index (χ2v) is 3.31. The highest BCUT2D eigenvalue weighted by atomic mass is 16.1. The van der Waals surface area contributed by atoms with E-state index in [4.69, 9.17) is 0 Å². The Morgan fingerprint density at radius 2 is 2.23 bits per heavy atom. The van der Waals surface area contributed by atoms with Crippen LogP contribution in [0.4, 0.5) is 0 Å². The van der Waals surface area contributed by atoms with Crippen LogP contribution in [0.15, 0.2) is 30.5 Å². The van der Waals surface area contributed by atoms with Crippen molar-refractivity contribution in [2.75, 3.05) is 0 Å². The molecule has 62 valence electrons. The zero-order valence-electron chi connectivity index (χ0n) is 6.95. The van der Waals surface area contributed by atoms with Crippen molar-refractivity contribution >= 4 is 16.7 Å². The number of hydrogen-bond acceptors (Lipinski definition) is 2. The Hall–Kier alpha value is -1.70. The maximum atomic E-state index is 11.5. The van der Waals surface area contributed by atoms with Crippen LogP contribution >= 0.6 is 0 Å². The standard InChI is InChI=1S/C11H7NO/c13-11-5-7-2-1-3-10-9(7)4-8(11)6-12-10/h1-4,6H,5H2. The number of Topliss-reactive ketones (excluding diaryl/α,β-unsaturated/α-hetero) is 1. The summed E-state index contributed by atoms with van der Waals surface area (Å²) in [6, 6.07) is 7.84. The van der Waals surface area contributed by atoms with Crippen LogP contribution in [-0.4, -0.2) is 10.8 Å². The fraction of sp³-hybridized carbons (Fsp3) is 0.0909. The SMILES string of the molecule is O=C1Cc2cccc3ncc1cc23. The lowest BCUT2D eigenvalue weighted by molar-refractivity contribution is 0.0991. The third-order valence-electron chi connectivity index (χ3n) is 2.49. The lowest BCUT2D eigenvalue weighted by atomic mass is 9.94. The molecule has 0 saturated carbocycles. The van der Waals surface area contributed by atoms with Crippen molar-refractivity contribution in [1.82, 2.24) is 4.98 Å².